The van der Waals surface area contributed by atoms with Crippen molar-refractivity contribution in [2.45, 2.75) is 19.4 Å². The average molecular weight is 221 g/mol. The number of carbonyl (C=O) groups excluding carboxylic acids is 1. The maximum absolute atomic E-state index is 10.4. The molecule has 5 heteroatoms. The monoisotopic (exact) mass is 221 g/mol. The van der Waals surface area contributed by atoms with Gasteiger partial charge in [-0.15, -0.1) is 0 Å². The van der Waals surface area contributed by atoms with E-state index in [-0.39, 0.29) is 0 Å². The number of pyridine rings is 1. The molecule has 1 unspecified atom stereocenters. The third-order valence-corrected chi connectivity index (χ3v) is 2.65. The van der Waals surface area contributed by atoms with Crippen LogP contribution in [0, 0.1) is 6.92 Å². The van der Waals surface area contributed by atoms with Crippen molar-refractivity contribution in [2.75, 3.05) is 18.5 Å². The van der Waals surface area contributed by atoms with Gasteiger partial charge < -0.3 is 15.4 Å². The van der Waals surface area contributed by atoms with Crippen LogP contribution in [0.5, 0.6) is 5.75 Å². The van der Waals surface area contributed by atoms with Gasteiger partial charge in [0.15, 0.2) is 0 Å². The Morgan fingerprint density at radius 1 is 1.75 bits per heavy atom. The molecule has 0 saturated carbocycles. The lowest BCUT2D eigenvalue weighted by molar-refractivity contribution is -0.105. The molecule has 1 aromatic rings. The van der Waals surface area contributed by atoms with Gasteiger partial charge in [-0.3, -0.25) is 9.78 Å². The van der Waals surface area contributed by atoms with Crippen molar-refractivity contribution in [1.82, 2.24) is 10.3 Å². The van der Waals surface area contributed by atoms with E-state index < -0.39 is 0 Å². The first-order chi connectivity index (χ1) is 7.79. The van der Waals surface area contributed by atoms with Crippen molar-refractivity contribution in [1.29, 1.82) is 0 Å². The molecular weight excluding hydrogens is 206 g/mol. The second-order valence-electron chi connectivity index (χ2n) is 3.82. The molecule has 86 valence electrons. The summed E-state index contributed by atoms with van der Waals surface area (Å²) in [6.45, 7) is 3.55. The molecule has 1 atom stereocenters. The zero-order chi connectivity index (χ0) is 11.4. The highest BCUT2D eigenvalue weighted by atomic mass is 16.5. The Labute approximate surface area is 94.2 Å². The van der Waals surface area contributed by atoms with E-state index in [1.165, 1.54) is 0 Å². The summed E-state index contributed by atoms with van der Waals surface area (Å²) in [5, 5.41) is 5.84. The van der Waals surface area contributed by atoms with Crippen molar-refractivity contribution in [2.24, 2.45) is 0 Å². The number of ether oxygens (including phenoxy) is 1. The molecule has 0 aromatic carbocycles. The molecule has 0 spiro atoms. The topological polar surface area (TPSA) is 63.2 Å². The number of nitrogens with zero attached hydrogens (tertiary/aromatic N) is 1. The van der Waals surface area contributed by atoms with Crippen LogP contribution in [0.15, 0.2) is 12.3 Å². The summed E-state index contributed by atoms with van der Waals surface area (Å²) in [6.07, 6.45) is 3.46. The van der Waals surface area contributed by atoms with Crippen LogP contribution in [-0.4, -0.2) is 30.6 Å². The maximum atomic E-state index is 10.4. The minimum atomic E-state index is 0.448. The van der Waals surface area contributed by atoms with Crippen LogP contribution < -0.4 is 15.4 Å². The second-order valence-corrected chi connectivity index (χ2v) is 3.82. The number of anilines is 1. The standard InChI is InChI=1S/C11H15N3O2/c1-8-11(14-7-15)4-10(5-13-8)16-6-9-2-3-12-9/h4-5,7,9,12H,2-3,6H2,1H3,(H,14,15). The zero-order valence-corrected chi connectivity index (χ0v) is 9.19. The quantitative estimate of drug-likeness (QED) is 0.718. The van der Waals surface area contributed by atoms with Gasteiger partial charge in [0.2, 0.25) is 6.41 Å². The normalized spacial score (nSPS) is 18.7. The van der Waals surface area contributed by atoms with Gasteiger partial charge in [0.05, 0.1) is 17.6 Å². The molecule has 2 heterocycles. The minimum absolute atomic E-state index is 0.448. The Bertz CT molecular complexity index is 377. The van der Waals surface area contributed by atoms with Gasteiger partial charge in [0.25, 0.3) is 0 Å². The third kappa shape index (κ3) is 2.49. The predicted octanol–water partition coefficient (Wildman–Crippen LogP) is 0.699. The van der Waals surface area contributed by atoms with Crippen LogP contribution >= 0.6 is 0 Å². The Morgan fingerprint density at radius 2 is 2.56 bits per heavy atom. The largest absolute Gasteiger partial charge is 0.490 e. The van der Waals surface area contributed by atoms with Gasteiger partial charge in [0.1, 0.15) is 12.4 Å². The highest BCUT2D eigenvalue weighted by Gasteiger charge is 2.16. The summed E-state index contributed by atoms with van der Waals surface area (Å²) in [5.74, 6) is 0.684. The molecule has 1 aliphatic heterocycles. The molecule has 2 N–H and O–H groups in total. The molecule has 1 saturated heterocycles. The summed E-state index contributed by atoms with van der Waals surface area (Å²) in [5.41, 5.74) is 1.47. The summed E-state index contributed by atoms with van der Waals surface area (Å²) in [7, 11) is 0. The van der Waals surface area contributed by atoms with E-state index in [4.69, 9.17) is 4.74 Å². The Balaban J connectivity index is 1.97. The molecule has 1 fully saturated rings. The molecule has 1 aliphatic rings. The number of rotatable bonds is 5. The summed E-state index contributed by atoms with van der Waals surface area (Å²) < 4.78 is 5.57. The van der Waals surface area contributed by atoms with E-state index in [0.29, 0.717) is 30.5 Å². The fourth-order valence-corrected chi connectivity index (χ4v) is 1.49. The lowest BCUT2D eigenvalue weighted by Crippen LogP contribution is -2.46. The molecule has 0 bridgehead atoms. The smallest absolute Gasteiger partial charge is 0.211 e. The number of hydrogen-bond donors (Lipinski definition) is 2. The first kappa shape index (κ1) is 10.9. The zero-order valence-electron chi connectivity index (χ0n) is 9.19. The summed E-state index contributed by atoms with van der Waals surface area (Å²) in [6, 6.07) is 2.24. The van der Waals surface area contributed by atoms with E-state index in [1.807, 2.05) is 6.92 Å². The molecule has 0 radical (unpaired) electrons. The van der Waals surface area contributed by atoms with Gasteiger partial charge >= 0.3 is 0 Å². The van der Waals surface area contributed by atoms with Crippen molar-refractivity contribution in [3.8, 4) is 5.75 Å². The Hall–Kier alpha value is -1.62. The van der Waals surface area contributed by atoms with E-state index in [2.05, 4.69) is 15.6 Å². The summed E-state index contributed by atoms with van der Waals surface area (Å²) in [4.78, 5) is 14.5. The highest BCUT2D eigenvalue weighted by Crippen LogP contribution is 2.19. The molecule has 16 heavy (non-hydrogen) atoms. The number of aromatic nitrogens is 1. The van der Waals surface area contributed by atoms with Crippen molar-refractivity contribution >= 4 is 12.1 Å². The average Bonchev–Trinajstić information content (AvgIpc) is 2.21. The number of amides is 1. The van der Waals surface area contributed by atoms with Crippen LogP contribution in [0.1, 0.15) is 12.1 Å². The first-order valence-corrected chi connectivity index (χ1v) is 5.32. The lowest BCUT2D eigenvalue weighted by Gasteiger charge is -2.27. The van der Waals surface area contributed by atoms with Gasteiger partial charge in [-0.05, 0) is 19.9 Å². The van der Waals surface area contributed by atoms with Gasteiger partial charge in [0, 0.05) is 12.1 Å². The van der Waals surface area contributed by atoms with E-state index in [0.717, 1.165) is 18.7 Å². The fourth-order valence-electron chi connectivity index (χ4n) is 1.49. The molecule has 1 aromatic heterocycles. The first-order valence-electron chi connectivity index (χ1n) is 5.32. The van der Waals surface area contributed by atoms with Crippen LogP contribution in [0.25, 0.3) is 0 Å². The molecule has 1 amide bonds. The molecule has 2 rings (SSSR count). The Morgan fingerprint density at radius 3 is 3.19 bits per heavy atom. The van der Waals surface area contributed by atoms with Crippen LogP contribution in [0.2, 0.25) is 0 Å². The van der Waals surface area contributed by atoms with Gasteiger partial charge in [-0.2, -0.15) is 0 Å². The summed E-state index contributed by atoms with van der Waals surface area (Å²) >= 11 is 0. The van der Waals surface area contributed by atoms with Crippen molar-refractivity contribution in [3.05, 3.63) is 18.0 Å². The van der Waals surface area contributed by atoms with Crippen molar-refractivity contribution in [3.63, 3.8) is 0 Å². The maximum Gasteiger partial charge on any atom is 0.211 e. The van der Waals surface area contributed by atoms with Crippen LogP contribution in [-0.2, 0) is 4.79 Å². The van der Waals surface area contributed by atoms with Crippen molar-refractivity contribution < 1.29 is 9.53 Å². The van der Waals surface area contributed by atoms with Gasteiger partial charge in [-0.1, -0.05) is 0 Å². The lowest BCUT2D eigenvalue weighted by atomic mass is 10.1. The van der Waals surface area contributed by atoms with Crippen LogP contribution in [0.4, 0.5) is 5.69 Å². The number of hydrogen-bond acceptors (Lipinski definition) is 4. The second kappa shape index (κ2) is 4.94. The number of nitrogens with one attached hydrogen (secondary N) is 2. The number of aryl methyl sites for hydroxylation is 1. The molecule has 0 aliphatic carbocycles. The highest BCUT2D eigenvalue weighted by molar-refractivity contribution is 5.73. The van der Waals surface area contributed by atoms with E-state index in [1.54, 1.807) is 12.3 Å². The SMILES string of the molecule is Cc1ncc(OCC2CCN2)cc1NC=O. The van der Waals surface area contributed by atoms with Gasteiger partial charge in [-0.25, -0.2) is 0 Å². The molecule has 5 nitrogen and oxygen atoms in total. The van der Waals surface area contributed by atoms with E-state index in [9.17, 15) is 4.79 Å². The fraction of sp³-hybridized carbons (Fsp3) is 0.455. The number of carbonyl (C=O) groups is 1. The third-order valence-electron chi connectivity index (χ3n) is 2.65. The predicted molar refractivity (Wildman–Crippen MR) is 60.6 cm³/mol. The minimum Gasteiger partial charge on any atom is -0.490 e. The molecular formula is C11H15N3O2. The Kier molecular flexibility index (Phi) is 3.36. The van der Waals surface area contributed by atoms with E-state index >= 15 is 0 Å². The van der Waals surface area contributed by atoms with Crippen LogP contribution in [0.3, 0.4) is 0 Å².